The molecule has 4 rings (SSSR count). The van der Waals surface area contributed by atoms with Crippen LogP contribution in [0.1, 0.15) is 45.7 Å². The van der Waals surface area contributed by atoms with E-state index in [0.717, 1.165) is 0 Å². The summed E-state index contributed by atoms with van der Waals surface area (Å²) in [5.41, 5.74) is 2.95. The van der Waals surface area contributed by atoms with Crippen LogP contribution in [0.5, 0.6) is 11.5 Å². The lowest BCUT2D eigenvalue weighted by Gasteiger charge is -2.17. The molecule has 0 aliphatic carbocycles. The van der Waals surface area contributed by atoms with Crippen LogP contribution in [0.25, 0.3) is 11.1 Å². The van der Waals surface area contributed by atoms with Gasteiger partial charge in [-0.1, -0.05) is 47.5 Å². The number of halogens is 2. The van der Waals surface area contributed by atoms with E-state index in [2.05, 4.69) is 0 Å². The molecule has 6 heteroatoms. The van der Waals surface area contributed by atoms with E-state index in [0.29, 0.717) is 68.1 Å². The summed E-state index contributed by atoms with van der Waals surface area (Å²) in [5.74, 6) is 0.699. The van der Waals surface area contributed by atoms with Crippen molar-refractivity contribution < 1.29 is 19.1 Å². The first-order valence-electron chi connectivity index (χ1n) is 11.6. The van der Waals surface area contributed by atoms with Crippen molar-refractivity contribution in [2.45, 2.75) is 13.8 Å². The van der Waals surface area contributed by atoms with Crippen molar-refractivity contribution in [3.8, 4) is 22.6 Å². The number of carbonyl (C=O) groups excluding carboxylic acids is 2. The third-order valence-corrected chi connectivity index (χ3v) is 6.27. The highest BCUT2D eigenvalue weighted by atomic mass is 35.5. The van der Waals surface area contributed by atoms with Gasteiger partial charge in [0.15, 0.2) is 11.6 Å². The van der Waals surface area contributed by atoms with Crippen LogP contribution in [-0.4, -0.2) is 24.8 Å². The fraction of sp³-hybridized carbons (Fsp3) is 0.133. The van der Waals surface area contributed by atoms with Crippen LogP contribution in [0.15, 0.2) is 84.9 Å². The number of ketones is 2. The Morgan fingerprint density at radius 1 is 0.611 bits per heavy atom. The highest BCUT2D eigenvalue weighted by Gasteiger charge is 2.20. The molecule has 0 N–H and O–H groups in total. The monoisotopic (exact) mass is 518 g/mol. The van der Waals surface area contributed by atoms with Gasteiger partial charge < -0.3 is 9.47 Å². The molecule has 182 valence electrons. The van der Waals surface area contributed by atoms with Crippen LogP contribution in [0.3, 0.4) is 0 Å². The van der Waals surface area contributed by atoms with Gasteiger partial charge in [0, 0.05) is 33.4 Å². The van der Waals surface area contributed by atoms with Gasteiger partial charge in [-0.05, 0) is 74.5 Å². The summed E-state index contributed by atoms with van der Waals surface area (Å²) < 4.78 is 11.8. The summed E-state index contributed by atoms with van der Waals surface area (Å²) in [7, 11) is 0. The summed E-state index contributed by atoms with van der Waals surface area (Å²) in [6.07, 6.45) is 0. The summed E-state index contributed by atoms with van der Waals surface area (Å²) in [6.45, 7) is 4.61. The first kappa shape index (κ1) is 25.5. The van der Waals surface area contributed by atoms with Crippen LogP contribution in [-0.2, 0) is 0 Å². The van der Waals surface area contributed by atoms with E-state index in [4.69, 9.17) is 32.7 Å². The Morgan fingerprint density at radius 2 is 1.00 bits per heavy atom. The van der Waals surface area contributed by atoms with Crippen molar-refractivity contribution in [1.82, 2.24) is 0 Å². The van der Waals surface area contributed by atoms with E-state index in [9.17, 15) is 9.59 Å². The molecule has 0 aromatic heterocycles. The van der Waals surface area contributed by atoms with Crippen LogP contribution in [0, 0.1) is 0 Å². The van der Waals surface area contributed by atoms with Gasteiger partial charge in [0.05, 0.1) is 23.3 Å². The van der Waals surface area contributed by atoms with E-state index < -0.39 is 0 Å². The molecule has 0 saturated carbocycles. The Kier molecular flexibility index (Phi) is 8.09. The first-order valence-corrected chi connectivity index (χ1v) is 12.3. The summed E-state index contributed by atoms with van der Waals surface area (Å²) in [4.78, 5) is 26.6. The lowest BCUT2D eigenvalue weighted by molar-refractivity contribution is 0.103. The van der Waals surface area contributed by atoms with E-state index in [-0.39, 0.29) is 11.6 Å². The molecule has 0 fully saturated rings. The third kappa shape index (κ3) is 5.30. The zero-order valence-corrected chi connectivity index (χ0v) is 21.4. The summed E-state index contributed by atoms with van der Waals surface area (Å²) in [5, 5.41) is 0.751. The molecule has 0 aliphatic heterocycles. The molecule has 0 bridgehead atoms. The van der Waals surface area contributed by atoms with Crippen LogP contribution in [0.4, 0.5) is 0 Å². The summed E-state index contributed by atoms with van der Waals surface area (Å²) in [6, 6.07) is 24.2. The fourth-order valence-electron chi connectivity index (χ4n) is 3.93. The molecular weight excluding hydrogens is 495 g/mol. The van der Waals surface area contributed by atoms with E-state index in [1.54, 1.807) is 84.9 Å². The maximum atomic E-state index is 13.3. The molecule has 0 radical (unpaired) electrons. The molecular formula is C30H24Cl2O4. The van der Waals surface area contributed by atoms with Gasteiger partial charge in [0.25, 0.3) is 0 Å². The molecule has 0 spiro atoms. The Labute approximate surface area is 220 Å². The van der Waals surface area contributed by atoms with E-state index >= 15 is 0 Å². The van der Waals surface area contributed by atoms with Crippen molar-refractivity contribution in [1.29, 1.82) is 0 Å². The molecule has 0 amide bonds. The Hall–Kier alpha value is -3.60. The maximum absolute atomic E-state index is 13.3. The predicted octanol–water partition coefficient (Wildman–Crippen LogP) is 7.92. The molecule has 0 aliphatic rings. The maximum Gasteiger partial charge on any atom is 0.194 e. The minimum Gasteiger partial charge on any atom is -0.493 e. The van der Waals surface area contributed by atoms with Gasteiger partial charge >= 0.3 is 0 Å². The van der Waals surface area contributed by atoms with Crippen molar-refractivity contribution in [3.63, 3.8) is 0 Å². The highest BCUT2D eigenvalue weighted by Crippen LogP contribution is 2.39. The van der Waals surface area contributed by atoms with E-state index in [1.165, 1.54) is 0 Å². The second-order valence-electron chi connectivity index (χ2n) is 7.91. The number of hydrogen-bond acceptors (Lipinski definition) is 4. The zero-order valence-electron chi connectivity index (χ0n) is 19.9. The van der Waals surface area contributed by atoms with Gasteiger partial charge in [0.2, 0.25) is 0 Å². The molecule has 36 heavy (non-hydrogen) atoms. The van der Waals surface area contributed by atoms with Crippen molar-refractivity contribution >= 4 is 34.8 Å². The average molecular weight is 519 g/mol. The van der Waals surface area contributed by atoms with Gasteiger partial charge in [-0.15, -0.1) is 0 Å². The normalized spacial score (nSPS) is 10.7. The molecule has 4 aromatic carbocycles. The molecule has 4 nitrogen and oxygen atoms in total. The molecule has 0 atom stereocenters. The Bertz CT molecular complexity index is 1320. The minimum atomic E-state index is -0.217. The number of ether oxygens (including phenoxy) is 2. The van der Waals surface area contributed by atoms with Gasteiger partial charge in [0.1, 0.15) is 11.5 Å². The molecule has 4 aromatic rings. The topological polar surface area (TPSA) is 52.6 Å². The third-order valence-electron chi connectivity index (χ3n) is 5.61. The lowest BCUT2D eigenvalue weighted by atomic mass is 9.94. The first-order chi connectivity index (χ1) is 17.4. The largest absolute Gasteiger partial charge is 0.493 e. The molecule has 0 saturated heterocycles. The van der Waals surface area contributed by atoms with Gasteiger partial charge in [-0.3, -0.25) is 9.59 Å². The zero-order chi connectivity index (χ0) is 25.7. The Morgan fingerprint density at radius 3 is 1.36 bits per heavy atom. The highest BCUT2D eigenvalue weighted by molar-refractivity contribution is 6.35. The Balaban J connectivity index is 1.87. The van der Waals surface area contributed by atoms with Crippen LogP contribution < -0.4 is 9.47 Å². The number of benzene rings is 4. The van der Waals surface area contributed by atoms with E-state index in [1.807, 2.05) is 13.8 Å². The second kappa shape index (κ2) is 11.4. The molecule has 0 unspecified atom stereocenters. The van der Waals surface area contributed by atoms with Crippen molar-refractivity contribution in [2.24, 2.45) is 0 Å². The van der Waals surface area contributed by atoms with Gasteiger partial charge in [-0.2, -0.15) is 0 Å². The SMILES string of the molecule is CCOc1ccc(C(=O)c2ccccc2Cl)cc1-c1cc(C(=O)c2ccccc2Cl)ccc1OCC. The standard InChI is InChI=1S/C30H24Cl2O4/c1-3-35-27-15-13-19(29(33)21-9-5-7-11-25(21)31)17-23(27)24-18-20(14-16-28(24)36-4-2)30(34)22-10-6-8-12-26(22)32/h5-18H,3-4H2,1-2H3. The lowest BCUT2D eigenvalue weighted by Crippen LogP contribution is -2.06. The number of hydrogen-bond donors (Lipinski definition) is 0. The quantitative estimate of drug-likeness (QED) is 0.211. The van der Waals surface area contributed by atoms with Crippen molar-refractivity contribution in [3.05, 3.63) is 117 Å². The average Bonchev–Trinajstić information content (AvgIpc) is 2.89. The second-order valence-corrected chi connectivity index (χ2v) is 8.72. The molecule has 0 heterocycles. The smallest absolute Gasteiger partial charge is 0.194 e. The number of carbonyl (C=O) groups is 2. The van der Waals surface area contributed by atoms with Crippen LogP contribution in [0.2, 0.25) is 10.0 Å². The van der Waals surface area contributed by atoms with Crippen molar-refractivity contribution in [2.75, 3.05) is 13.2 Å². The van der Waals surface area contributed by atoms with Gasteiger partial charge in [-0.25, -0.2) is 0 Å². The minimum absolute atomic E-state index is 0.217. The fourth-order valence-corrected chi connectivity index (χ4v) is 4.37. The predicted molar refractivity (Wildman–Crippen MR) is 144 cm³/mol. The summed E-state index contributed by atoms with van der Waals surface area (Å²) >= 11 is 12.6. The van der Waals surface area contributed by atoms with Crippen LogP contribution >= 0.6 is 23.2 Å². The number of rotatable bonds is 9.